The van der Waals surface area contributed by atoms with Crippen molar-refractivity contribution in [1.82, 2.24) is 5.32 Å². The molecule has 2 N–H and O–H groups in total. The molecule has 2 aromatic carbocycles. The largest absolute Gasteiger partial charge is 0.346 e. The molecule has 0 unspecified atom stereocenters. The van der Waals surface area contributed by atoms with Crippen molar-refractivity contribution in [3.63, 3.8) is 0 Å². The van der Waals surface area contributed by atoms with Gasteiger partial charge in [0.25, 0.3) is 5.91 Å². The van der Waals surface area contributed by atoms with Crippen LogP contribution < -0.4 is 10.0 Å². The van der Waals surface area contributed by atoms with E-state index in [1.807, 2.05) is 38.1 Å². The molecule has 24 heavy (non-hydrogen) atoms. The van der Waals surface area contributed by atoms with Crippen molar-refractivity contribution in [2.75, 3.05) is 11.0 Å². The number of anilines is 1. The first kappa shape index (κ1) is 18.0. The van der Waals surface area contributed by atoms with Crippen LogP contribution >= 0.6 is 0 Å². The van der Waals surface area contributed by atoms with Crippen molar-refractivity contribution >= 4 is 21.6 Å². The number of aryl methyl sites for hydroxylation is 1. The number of nitrogens with one attached hydrogen (secondary N) is 2. The zero-order chi connectivity index (χ0) is 17.9. The van der Waals surface area contributed by atoms with E-state index < -0.39 is 10.0 Å². The van der Waals surface area contributed by atoms with Gasteiger partial charge in [-0.2, -0.15) is 0 Å². The van der Waals surface area contributed by atoms with E-state index in [-0.39, 0.29) is 11.9 Å². The zero-order valence-corrected chi connectivity index (χ0v) is 15.1. The summed E-state index contributed by atoms with van der Waals surface area (Å²) in [5.41, 5.74) is 3.62. The number of sulfonamides is 1. The molecule has 128 valence electrons. The summed E-state index contributed by atoms with van der Waals surface area (Å²) in [6.45, 7) is 5.64. The summed E-state index contributed by atoms with van der Waals surface area (Å²) >= 11 is 0. The predicted molar refractivity (Wildman–Crippen MR) is 96.7 cm³/mol. The Kier molecular flexibility index (Phi) is 5.29. The van der Waals surface area contributed by atoms with Crippen molar-refractivity contribution in [3.8, 4) is 0 Å². The van der Waals surface area contributed by atoms with E-state index in [1.165, 1.54) is 0 Å². The van der Waals surface area contributed by atoms with Gasteiger partial charge in [0.15, 0.2) is 0 Å². The average molecular weight is 346 g/mol. The lowest BCUT2D eigenvalue weighted by molar-refractivity contribution is 0.0939. The van der Waals surface area contributed by atoms with Gasteiger partial charge in [0.2, 0.25) is 10.0 Å². The molecule has 0 spiro atoms. The Hall–Kier alpha value is -2.34. The molecular formula is C18H22N2O3S. The van der Waals surface area contributed by atoms with E-state index in [4.69, 9.17) is 0 Å². The lowest BCUT2D eigenvalue weighted by Crippen LogP contribution is -2.27. The number of carbonyl (C=O) groups is 1. The quantitative estimate of drug-likeness (QED) is 0.873. The highest BCUT2D eigenvalue weighted by Crippen LogP contribution is 2.21. The van der Waals surface area contributed by atoms with Gasteiger partial charge in [-0.1, -0.05) is 35.9 Å². The second kappa shape index (κ2) is 7.05. The molecule has 0 aromatic heterocycles. The zero-order valence-electron chi connectivity index (χ0n) is 14.3. The fraction of sp³-hybridized carbons (Fsp3) is 0.278. The highest BCUT2D eigenvalue weighted by atomic mass is 32.2. The van der Waals surface area contributed by atoms with Crippen LogP contribution in [0.5, 0.6) is 0 Å². The lowest BCUT2D eigenvalue weighted by atomic mass is 10.0. The summed E-state index contributed by atoms with van der Waals surface area (Å²) in [5, 5.41) is 2.95. The Bertz CT molecular complexity index is 843. The number of carbonyl (C=O) groups excluding carboxylic acids is 1. The highest BCUT2D eigenvalue weighted by molar-refractivity contribution is 7.92. The molecule has 5 nitrogen and oxygen atoms in total. The molecule has 0 aliphatic carbocycles. The third-order valence-electron chi connectivity index (χ3n) is 3.80. The maximum Gasteiger partial charge on any atom is 0.252 e. The molecule has 2 aromatic rings. The normalized spacial score (nSPS) is 12.5. The summed E-state index contributed by atoms with van der Waals surface area (Å²) < 4.78 is 25.3. The van der Waals surface area contributed by atoms with Crippen molar-refractivity contribution in [2.45, 2.75) is 26.8 Å². The Morgan fingerprint density at radius 3 is 2.25 bits per heavy atom. The monoisotopic (exact) mass is 346 g/mol. The molecule has 0 aliphatic heterocycles. The fourth-order valence-electron chi connectivity index (χ4n) is 2.40. The minimum atomic E-state index is -3.39. The molecule has 0 bridgehead atoms. The van der Waals surface area contributed by atoms with Crippen LogP contribution in [0.2, 0.25) is 0 Å². The van der Waals surface area contributed by atoms with Crippen molar-refractivity contribution in [1.29, 1.82) is 0 Å². The van der Waals surface area contributed by atoms with Crippen LogP contribution in [-0.2, 0) is 10.0 Å². The predicted octanol–water partition coefficient (Wildman–Crippen LogP) is 3.17. The molecule has 0 radical (unpaired) electrons. The van der Waals surface area contributed by atoms with Gasteiger partial charge in [-0.25, -0.2) is 8.42 Å². The number of amides is 1. The molecule has 0 saturated carbocycles. The van der Waals surface area contributed by atoms with Gasteiger partial charge >= 0.3 is 0 Å². The first-order chi connectivity index (χ1) is 11.2. The third-order valence-corrected chi connectivity index (χ3v) is 4.39. The molecule has 0 aliphatic rings. The van der Waals surface area contributed by atoms with Crippen LogP contribution in [0.1, 0.15) is 40.0 Å². The number of benzene rings is 2. The van der Waals surface area contributed by atoms with Crippen molar-refractivity contribution in [2.24, 2.45) is 0 Å². The molecular weight excluding hydrogens is 324 g/mol. The summed E-state index contributed by atoms with van der Waals surface area (Å²) in [7, 11) is -3.39. The smallest absolute Gasteiger partial charge is 0.252 e. The van der Waals surface area contributed by atoms with Crippen LogP contribution in [0.3, 0.4) is 0 Å². The number of hydrogen-bond acceptors (Lipinski definition) is 3. The molecule has 0 fully saturated rings. The first-order valence-corrected chi connectivity index (χ1v) is 9.51. The molecule has 0 saturated heterocycles. The van der Waals surface area contributed by atoms with Crippen LogP contribution in [0.4, 0.5) is 5.69 Å². The maximum absolute atomic E-state index is 12.5. The summed E-state index contributed by atoms with van der Waals surface area (Å²) in [6.07, 6.45) is 1.08. The number of rotatable bonds is 5. The average Bonchev–Trinajstić information content (AvgIpc) is 2.48. The molecule has 0 heterocycles. The summed E-state index contributed by atoms with van der Waals surface area (Å²) in [6, 6.07) is 12.8. The minimum Gasteiger partial charge on any atom is -0.346 e. The minimum absolute atomic E-state index is 0.149. The van der Waals surface area contributed by atoms with Gasteiger partial charge in [0, 0.05) is 5.56 Å². The Morgan fingerprint density at radius 1 is 1.04 bits per heavy atom. The maximum atomic E-state index is 12.5. The van der Waals surface area contributed by atoms with E-state index in [2.05, 4.69) is 10.0 Å². The summed E-state index contributed by atoms with van der Waals surface area (Å²) in [5.74, 6) is -0.238. The Labute approximate surface area is 143 Å². The van der Waals surface area contributed by atoms with Crippen LogP contribution in [0.25, 0.3) is 0 Å². The highest BCUT2D eigenvalue weighted by Gasteiger charge is 2.16. The third kappa shape index (κ3) is 4.58. The van der Waals surface area contributed by atoms with E-state index in [0.717, 1.165) is 17.4 Å². The Morgan fingerprint density at radius 2 is 1.67 bits per heavy atom. The SMILES string of the molecule is Cc1ccc([C@@H](C)NC(=O)c2cccc(NS(C)(=O)=O)c2C)cc1. The summed E-state index contributed by atoms with van der Waals surface area (Å²) in [4.78, 5) is 12.5. The van der Waals surface area contributed by atoms with E-state index in [9.17, 15) is 13.2 Å². The molecule has 6 heteroatoms. The van der Waals surface area contributed by atoms with Crippen LogP contribution in [0.15, 0.2) is 42.5 Å². The fourth-order valence-corrected chi connectivity index (χ4v) is 3.03. The first-order valence-electron chi connectivity index (χ1n) is 7.62. The standard InChI is InChI=1S/C18H22N2O3S/c1-12-8-10-15(11-9-12)14(3)19-18(21)16-6-5-7-17(13(16)2)20-24(4,22)23/h5-11,14,20H,1-4H3,(H,19,21)/t14-/m1/s1. The lowest BCUT2D eigenvalue weighted by Gasteiger charge is -2.17. The second-order valence-electron chi connectivity index (χ2n) is 5.96. The van der Waals surface area contributed by atoms with E-state index >= 15 is 0 Å². The van der Waals surface area contributed by atoms with Gasteiger partial charge in [0.05, 0.1) is 18.0 Å². The molecule has 1 atom stereocenters. The van der Waals surface area contributed by atoms with Crippen molar-refractivity contribution in [3.05, 3.63) is 64.7 Å². The molecule has 2 rings (SSSR count). The van der Waals surface area contributed by atoms with Gasteiger partial charge in [-0.05, 0) is 44.0 Å². The van der Waals surface area contributed by atoms with Gasteiger partial charge in [0.1, 0.15) is 0 Å². The van der Waals surface area contributed by atoms with Gasteiger partial charge in [-0.3, -0.25) is 9.52 Å². The van der Waals surface area contributed by atoms with E-state index in [1.54, 1.807) is 25.1 Å². The molecule has 1 amide bonds. The second-order valence-corrected chi connectivity index (χ2v) is 7.71. The topological polar surface area (TPSA) is 75.3 Å². The number of hydrogen-bond donors (Lipinski definition) is 2. The Balaban J connectivity index is 2.20. The van der Waals surface area contributed by atoms with E-state index in [0.29, 0.717) is 16.8 Å². The van der Waals surface area contributed by atoms with Gasteiger partial charge in [-0.15, -0.1) is 0 Å². The van der Waals surface area contributed by atoms with Crippen LogP contribution in [0, 0.1) is 13.8 Å². The van der Waals surface area contributed by atoms with Crippen LogP contribution in [-0.4, -0.2) is 20.6 Å². The van der Waals surface area contributed by atoms with Crippen molar-refractivity contribution < 1.29 is 13.2 Å². The van der Waals surface area contributed by atoms with Gasteiger partial charge < -0.3 is 5.32 Å².